The van der Waals surface area contributed by atoms with Gasteiger partial charge in [-0.05, 0) is 37.2 Å². The lowest BCUT2D eigenvalue weighted by Crippen LogP contribution is -2.11. The Morgan fingerprint density at radius 1 is 1.00 bits per heavy atom. The highest BCUT2D eigenvalue weighted by molar-refractivity contribution is 7.63. The molecule has 0 bridgehead atoms. The second-order valence-corrected chi connectivity index (χ2v) is 7.08. The van der Waals surface area contributed by atoms with Crippen molar-refractivity contribution in [3.8, 4) is 0 Å². The molecule has 0 spiro atoms. The molecule has 1 N–H and O–H groups in total. The Bertz CT molecular complexity index is 532. The summed E-state index contributed by atoms with van der Waals surface area (Å²) in [6.45, 7) is 6.11. The Hall–Kier alpha value is -0.780. The van der Waals surface area contributed by atoms with Crippen molar-refractivity contribution >= 4 is 27.8 Å². The van der Waals surface area contributed by atoms with Gasteiger partial charge in [0.1, 0.15) is 0 Å². The van der Waals surface area contributed by atoms with Gasteiger partial charge in [0, 0.05) is 5.30 Å². The third-order valence-corrected chi connectivity index (χ3v) is 5.56. The Morgan fingerprint density at radius 2 is 1.58 bits per heavy atom. The summed E-state index contributed by atoms with van der Waals surface area (Å²) in [6, 6.07) is 14.1. The van der Waals surface area contributed by atoms with E-state index in [1.165, 1.54) is 5.56 Å². The van der Waals surface area contributed by atoms with Crippen LogP contribution in [0.25, 0.3) is 0 Å². The van der Waals surface area contributed by atoms with Crippen molar-refractivity contribution < 1.29 is 9.20 Å². The summed E-state index contributed by atoms with van der Waals surface area (Å²) in [5, 5.41) is 2.05. The van der Waals surface area contributed by atoms with Crippen LogP contribution >= 0.6 is 17.2 Å². The third kappa shape index (κ3) is 3.84. The number of aryl methyl sites for hydroxylation is 3. The third-order valence-electron chi connectivity index (χ3n) is 2.85. The quantitative estimate of drug-likeness (QED) is 0.874. The van der Waals surface area contributed by atoms with Crippen LogP contribution in [0.5, 0.6) is 0 Å². The van der Waals surface area contributed by atoms with Gasteiger partial charge in [0.2, 0.25) is 8.38 Å². The van der Waals surface area contributed by atoms with E-state index in [0.717, 1.165) is 21.7 Å². The highest BCUT2D eigenvalue weighted by atomic mass is 31.2. The SMILES string of the molecule is Cc1cc(C)c(P(O)OPc2ccccc2)c(C)c1. The van der Waals surface area contributed by atoms with E-state index in [1.807, 2.05) is 44.2 Å². The molecule has 2 unspecified atom stereocenters. The molecule has 0 saturated carbocycles. The summed E-state index contributed by atoms with van der Waals surface area (Å²) in [7, 11) is -1.36. The van der Waals surface area contributed by atoms with Crippen LogP contribution in [-0.4, -0.2) is 4.89 Å². The smallest absolute Gasteiger partial charge is 0.206 e. The lowest BCUT2D eigenvalue weighted by atomic mass is 10.1. The van der Waals surface area contributed by atoms with Crippen LogP contribution in [-0.2, 0) is 4.31 Å². The summed E-state index contributed by atoms with van der Waals surface area (Å²) >= 11 is 0. The molecule has 0 aromatic heterocycles. The Balaban J connectivity index is 2.10. The first-order valence-electron chi connectivity index (χ1n) is 6.13. The fourth-order valence-electron chi connectivity index (χ4n) is 2.12. The van der Waals surface area contributed by atoms with Crippen molar-refractivity contribution in [2.75, 3.05) is 0 Å². The van der Waals surface area contributed by atoms with Gasteiger partial charge in [-0.1, -0.05) is 48.0 Å². The van der Waals surface area contributed by atoms with E-state index in [2.05, 4.69) is 19.1 Å². The van der Waals surface area contributed by atoms with Crippen molar-refractivity contribution in [2.24, 2.45) is 0 Å². The monoisotopic (exact) mass is 292 g/mol. The van der Waals surface area contributed by atoms with Gasteiger partial charge in [-0.25, -0.2) is 0 Å². The highest BCUT2D eigenvalue weighted by Crippen LogP contribution is 2.40. The molecule has 2 nitrogen and oxygen atoms in total. The lowest BCUT2D eigenvalue weighted by Gasteiger charge is -2.16. The van der Waals surface area contributed by atoms with Crippen molar-refractivity contribution in [3.63, 3.8) is 0 Å². The van der Waals surface area contributed by atoms with Crippen LogP contribution in [0.4, 0.5) is 0 Å². The van der Waals surface area contributed by atoms with Gasteiger partial charge in [0.05, 0.1) is 8.81 Å². The lowest BCUT2D eigenvalue weighted by molar-refractivity contribution is 0.535. The maximum atomic E-state index is 10.3. The van der Waals surface area contributed by atoms with Crippen LogP contribution < -0.4 is 10.6 Å². The van der Waals surface area contributed by atoms with Crippen LogP contribution in [0.15, 0.2) is 42.5 Å². The molecule has 0 aliphatic heterocycles. The molecule has 2 atom stereocenters. The van der Waals surface area contributed by atoms with Crippen molar-refractivity contribution in [1.82, 2.24) is 0 Å². The van der Waals surface area contributed by atoms with Gasteiger partial charge < -0.3 is 9.20 Å². The summed E-state index contributed by atoms with van der Waals surface area (Å²) in [4.78, 5) is 10.3. The molecule has 0 aliphatic rings. The van der Waals surface area contributed by atoms with Crippen LogP contribution in [0.3, 0.4) is 0 Å². The topological polar surface area (TPSA) is 29.5 Å². The van der Waals surface area contributed by atoms with Gasteiger partial charge in [-0.2, -0.15) is 0 Å². The van der Waals surface area contributed by atoms with Gasteiger partial charge >= 0.3 is 0 Å². The molecule has 2 rings (SSSR count). The summed E-state index contributed by atoms with van der Waals surface area (Å²) in [5.74, 6) is 0. The van der Waals surface area contributed by atoms with Crippen LogP contribution in [0, 0.1) is 20.8 Å². The molecule has 2 aromatic carbocycles. The first-order chi connectivity index (χ1) is 9.08. The van der Waals surface area contributed by atoms with Crippen molar-refractivity contribution in [2.45, 2.75) is 20.8 Å². The molecule has 0 heterocycles. The highest BCUT2D eigenvalue weighted by Gasteiger charge is 2.15. The first-order valence-corrected chi connectivity index (χ1v) is 8.25. The van der Waals surface area contributed by atoms with E-state index in [-0.39, 0.29) is 8.81 Å². The van der Waals surface area contributed by atoms with E-state index >= 15 is 0 Å². The van der Waals surface area contributed by atoms with Gasteiger partial charge in [-0.3, -0.25) is 0 Å². The molecular weight excluding hydrogens is 274 g/mol. The number of hydrogen-bond acceptors (Lipinski definition) is 2. The summed E-state index contributed by atoms with van der Waals surface area (Å²) < 4.78 is 5.66. The molecule has 0 saturated heterocycles. The zero-order valence-electron chi connectivity index (χ0n) is 11.3. The van der Waals surface area contributed by atoms with Gasteiger partial charge in [-0.15, -0.1) is 0 Å². The van der Waals surface area contributed by atoms with E-state index < -0.39 is 8.38 Å². The normalized spacial score (nSPS) is 13.1. The predicted octanol–water partition coefficient (Wildman–Crippen LogP) is 3.48. The molecule has 0 radical (unpaired) electrons. The van der Waals surface area contributed by atoms with Gasteiger partial charge in [0.15, 0.2) is 0 Å². The average molecular weight is 292 g/mol. The standard InChI is InChI=1S/C15H18O2P2/c1-11-9-12(2)15(13(3)10-11)19(16)17-18-14-7-5-4-6-8-14/h4-10,16,18H,1-3H3. The second kappa shape index (κ2) is 6.59. The Morgan fingerprint density at radius 3 is 2.16 bits per heavy atom. The van der Waals surface area contributed by atoms with E-state index in [1.54, 1.807) is 0 Å². The molecule has 100 valence electrons. The van der Waals surface area contributed by atoms with E-state index in [4.69, 9.17) is 4.31 Å². The fraction of sp³-hybridized carbons (Fsp3) is 0.200. The molecule has 0 amide bonds. The molecule has 4 heteroatoms. The first kappa shape index (κ1) is 14.6. The molecule has 19 heavy (non-hydrogen) atoms. The minimum atomic E-state index is -1.54. The Kier molecular flexibility index (Phi) is 5.07. The number of hydrogen-bond donors (Lipinski definition) is 1. The van der Waals surface area contributed by atoms with Crippen molar-refractivity contribution in [3.05, 3.63) is 59.2 Å². The van der Waals surface area contributed by atoms with E-state index in [0.29, 0.717) is 0 Å². The van der Waals surface area contributed by atoms with Crippen LogP contribution in [0.2, 0.25) is 0 Å². The number of benzene rings is 2. The minimum Gasteiger partial charge on any atom is -0.346 e. The van der Waals surface area contributed by atoms with E-state index in [9.17, 15) is 4.89 Å². The fourth-order valence-corrected chi connectivity index (χ4v) is 4.32. The van der Waals surface area contributed by atoms with Crippen molar-refractivity contribution in [1.29, 1.82) is 0 Å². The zero-order valence-corrected chi connectivity index (χ0v) is 13.2. The molecular formula is C15H18O2P2. The maximum absolute atomic E-state index is 10.3. The molecule has 0 aliphatic carbocycles. The molecule has 2 aromatic rings. The summed E-state index contributed by atoms with van der Waals surface area (Å²) in [5.41, 5.74) is 3.42. The maximum Gasteiger partial charge on any atom is 0.206 e. The molecule has 0 fully saturated rings. The number of rotatable bonds is 4. The summed E-state index contributed by atoms with van der Waals surface area (Å²) in [6.07, 6.45) is 0. The second-order valence-electron chi connectivity index (χ2n) is 4.58. The Labute approximate surface area is 117 Å². The van der Waals surface area contributed by atoms with Crippen LogP contribution in [0.1, 0.15) is 16.7 Å². The largest absolute Gasteiger partial charge is 0.346 e. The average Bonchev–Trinajstić information content (AvgIpc) is 2.36. The minimum absolute atomic E-state index is 0.179. The predicted molar refractivity (Wildman–Crippen MR) is 84.9 cm³/mol. The zero-order chi connectivity index (χ0) is 13.8. The van der Waals surface area contributed by atoms with Gasteiger partial charge in [0.25, 0.3) is 0 Å².